The molecule has 2 aromatic carbocycles. The molecule has 15 heteroatoms. The number of nitrogens with zero attached hydrogens (tertiary/aromatic N) is 4. The van der Waals surface area contributed by atoms with Gasteiger partial charge in [-0.15, -0.1) is 0 Å². The number of carbonyl (C=O) groups excluding carboxylic acids is 1. The Morgan fingerprint density at radius 2 is 1.64 bits per heavy atom. The summed E-state index contributed by atoms with van der Waals surface area (Å²) >= 11 is 12.5. The number of aliphatic carboxylic acids is 1. The van der Waals surface area contributed by atoms with Gasteiger partial charge < -0.3 is 19.9 Å². The largest absolute Gasteiger partial charge is 0.490 e. The Labute approximate surface area is 262 Å². The summed E-state index contributed by atoms with van der Waals surface area (Å²) in [6.45, 7) is 2.10. The van der Waals surface area contributed by atoms with Crippen molar-refractivity contribution in [1.82, 2.24) is 19.3 Å². The topological polar surface area (TPSA) is 111 Å². The van der Waals surface area contributed by atoms with Crippen LogP contribution in [0, 0.1) is 5.82 Å². The molecule has 3 aromatic heterocycles. The van der Waals surface area contributed by atoms with Crippen molar-refractivity contribution in [2.75, 3.05) is 31.1 Å². The van der Waals surface area contributed by atoms with Gasteiger partial charge in [0.25, 0.3) is 11.5 Å². The molecule has 1 fully saturated rings. The maximum absolute atomic E-state index is 14.8. The molecule has 1 amide bonds. The van der Waals surface area contributed by atoms with E-state index < -0.39 is 18.0 Å². The molecule has 1 saturated heterocycles. The number of rotatable bonds is 4. The van der Waals surface area contributed by atoms with E-state index in [2.05, 4.69) is 14.9 Å². The van der Waals surface area contributed by atoms with Crippen LogP contribution in [-0.2, 0) is 11.2 Å². The van der Waals surface area contributed by atoms with E-state index in [4.69, 9.17) is 33.1 Å². The number of nitrogens with one attached hydrogen (secondary N) is 1. The number of carboxylic acid groups (broad SMARTS) is 1. The van der Waals surface area contributed by atoms with Crippen LogP contribution >= 0.6 is 23.2 Å². The first-order valence-electron chi connectivity index (χ1n) is 13.4. The molecule has 6 rings (SSSR count). The number of alkyl halides is 3. The molecule has 0 spiro atoms. The summed E-state index contributed by atoms with van der Waals surface area (Å²) in [6.07, 6.45) is -1.38. The molecule has 0 bridgehead atoms. The van der Waals surface area contributed by atoms with Crippen molar-refractivity contribution < 1.29 is 32.3 Å². The van der Waals surface area contributed by atoms with Crippen LogP contribution in [0.1, 0.15) is 21.6 Å². The van der Waals surface area contributed by atoms with Crippen LogP contribution in [-0.4, -0.2) is 68.6 Å². The first kappa shape index (κ1) is 31.8. The predicted molar refractivity (Wildman–Crippen MR) is 161 cm³/mol. The summed E-state index contributed by atoms with van der Waals surface area (Å²) < 4.78 is 48.1. The molecule has 0 atom stereocenters. The van der Waals surface area contributed by atoms with Gasteiger partial charge in [-0.25, -0.2) is 14.2 Å². The van der Waals surface area contributed by atoms with Gasteiger partial charge in [0.2, 0.25) is 0 Å². The van der Waals surface area contributed by atoms with Crippen molar-refractivity contribution in [3.63, 3.8) is 0 Å². The van der Waals surface area contributed by atoms with Crippen LogP contribution < -0.4 is 10.5 Å². The number of carboxylic acids is 1. The predicted octanol–water partition coefficient (Wildman–Crippen LogP) is 5.81. The average molecular weight is 664 g/mol. The molecular weight excluding hydrogens is 641 g/mol. The normalized spacial score (nSPS) is 13.6. The van der Waals surface area contributed by atoms with E-state index in [0.717, 1.165) is 16.6 Å². The Hall–Kier alpha value is -4.62. The molecule has 45 heavy (non-hydrogen) atoms. The zero-order valence-electron chi connectivity index (χ0n) is 23.1. The minimum Gasteiger partial charge on any atom is -0.475 e. The summed E-state index contributed by atoms with van der Waals surface area (Å²) in [5.74, 6) is -2.83. The highest BCUT2D eigenvalue weighted by Gasteiger charge is 2.38. The van der Waals surface area contributed by atoms with Gasteiger partial charge in [-0.05, 0) is 35.2 Å². The van der Waals surface area contributed by atoms with Crippen LogP contribution in [0.4, 0.5) is 23.4 Å². The molecule has 1 aliphatic rings. The second-order valence-electron chi connectivity index (χ2n) is 10.1. The maximum Gasteiger partial charge on any atom is 0.490 e. The zero-order chi connectivity index (χ0) is 32.5. The lowest BCUT2D eigenvalue weighted by molar-refractivity contribution is -0.192. The van der Waals surface area contributed by atoms with Crippen molar-refractivity contribution in [3.8, 4) is 0 Å². The maximum atomic E-state index is 14.8. The van der Waals surface area contributed by atoms with Crippen molar-refractivity contribution in [2.24, 2.45) is 0 Å². The number of hydrogen-bond acceptors (Lipinski definition) is 5. The Bertz CT molecular complexity index is 1970. The van der Waals surface area contributed by atoms with Crippen LogP contribution in [0.2, 0.25) is 10.2 Å². The third kappa shape index (κ3) is 6.89. The molecule has 4 heterocycles. The van der Waals surface area contributed by atoms with Gasteiger partial charge in [0.15, 0.2) is 0 Å². The number of H-pyrrole nitrogens is 1. The van der Waals surface area contributed by atoms with Crippen LogP contribution in [0.15, 0.2) is 71.8 Å². The highest BCUT2D eigenvalue weighted by Crippen LogP contribution is 2.27. The monoisotopic (exact) mass is 663 g/mol. The average Bonchev–Trinajstić information content (AvgIpc) is 3.33. The number of fused-ring (bicyclic) bond motifs is 2. The Morgan fingerprint density at radius 3 is 2.31 bits per heavy atom. The minimum absolute atomic E-state index is 0.0112. The van der Waals surface area contributed by atoms with Gasteiger partial charge in [-0.1, -0.05) is 53.5 Å². The number of anilines is 1. The fourth-order valence-electron chi connectivity index (χ4n) is 4.93. The Balaban J connectivity index is 0.000000515. The second-order valence-corrected chi connectivity index (χ2v) is 10.8. The number of aromatic amines is 1. The number of amides is 1. The summed E-state index contributed by atoms with van der Waals surface area (Å²) in [5.41, 5.74) is 1.35. The standard InChI is InChI=1S/C28H22Cl2FN5O2.C2HF3O2/c29-22-14-24-27(37)33-16-20(36(24)26(22)30)11-17-5-6-23(31)21(12-17)28(38)35-9-7-34(8-10-35)25-13-18-3-1-2-4-19(18)15-32-25;3-2(4,5)1(6)7/h1-6,12-16H,7-11H2,(H,33,37);(H,6,7). The number of piperazine rings is 1. The van der Waals surface area contributed by atoms with Crippen molar-refractivity contribution in [2.45, 2.75) is 12.6 Å². The SMILES string of the molecule is O=C(O)C(F)(F)F.O=C(c1cc(Cc2c[nH]c(=O)c3cc(Cl)c(Cl)n23)ccc1F)N1CCN(c2cc3ccccc3cn2)CC1. The van der Waals surface area contributed by atoms with E-state index in [0.29, 0.717) is 49.4 Å². The van der Waals surface area contributed by atoms with Gasteiger partial charge in [0, 0.05) is 56.1 Å². The van der Waals surface area contributed by atoms with Crippen LogP contribution in [0.5, 0.6) is 0 Å². The van der Waals surface area contributed by atoms with Crippen LogP contribution in [0.3, 0.4) is 0 Å². The highest BCUT2D eigenvalue weighted by atomic mass is 35.5. The Kier molecular flexibility index (Phi) is 9.03. The highest BCUT2D eigenvalue weighted by molar-refractivity contribution is 6.42. The summed E-state index contributed by atoms with van der Waals surface area (Å²) in [7, 11) is 0. The van der Waals surface area contributed by atoms with E-state index in [1.165, 1.54) is 12.1 Å². The molecule has 9 nitrogen and oxygen atoms in total. The quantitative estimate of drug-likeness (QED) is 0.235. The summed E-state index contributed by atoms with van der Waals surface area (Å²) in [6, 6.07) is 16.1. The van der Waals surface area contributed by atoms with Gasteiger partial charge >= 0.3 is 12.1 Å². The Morgan fingerprint density at radius 1 is 0.978 bits per heavy atom. The second kappa shape index (κ2) is 12.8. The van der Waals surface area contributed by atoms with E-state index >= 15 is 0 Å². The lowest BCUT2D eigenvalue weighted by Crippen LogP contribution is -2.49. The molecule has 0 saturated carbocycles. The molecule has 2 N–H and O–H groups in total. The number of aromatic nitrogens is 3. The molecule has 0 radical (unpaired) electrons. The molecule has 0 aliphatic carbocycles. The van der Waals surface area contributed by atoms with Gasteiger partial charge in [-0.2, -0.15) is 13.2 Å². The fourth-order valence-corrected chi connectivity index (χ4v) is 5.37. The summed E-state index contributed by atoms with van der Waals surface area (Å²) in [5, 5.41) is 9.79. The lowest BCUT2D eigenvalue weighted by atomic mass is 10.0. The van der Waals surface area contributed by atoms with Gasteiger partial charge in [0.05, 0.1) is 10.6 Å². The molecule has 234 valence electrons. The number of hydrogen-bond donors (Lipinski definition) is 2. The molecule has 1 aliphatic heterocycles. The molecule has 0 unspecified atom stereocenters. The van der Waals surface area contributed by atoms with Gasteiger partial charge in [-0.3, -0.25) is 14.0 Å². The minimum atomic E-state index is -5.08. The zero-order valence-corrected chi connectivity index (χ0v) is 24.6. The van der Waals surface area contributed by atoms with E-state index in [1.54, 1.807) is 27.6 Å². The number of halogens is 6. The first-order valence-corrected chi connectivity index (χ1v) is 14.1. The lowest BCUT2D eigenvalue weighted by Gasteiger charge is -2.35. The van der Waals surface area contributed by atoms with Crippen LogP contribution in [0.25, 0.3) is 16.3 Å². The van der Waals surface area contributed by atoms with Crippen molar-refractivity contribution in [1.29, 1.82) is 0 Å². The smallest absolute Gasteiger partial charge is 0.475 e. The van der Waals surface area contributed by atoms with E-state index in [-0.39, 0.29) is 27.2 Å². The fraction of sp³-hybridized carbons (Fsp3) is 0.200. The number of carbonyl (C=O) groups is 2. The summed E-state index contributed by atoms with van der Waals surface area (Å²) in [4.78, 5) is 45.5. The van der Waals surface area contributed by atoms with Gasteiger partial charge in [0.1, 0.15) is 22.3 Å². The number of pyridine rings is 1. The third-order valence-corrected chi connectivity index (χ3v) is 7.94. The van der Waals surface area contributed by atoms with E-state index in [9.17, 15) is 27.2 Å². The molecule has 5 aromatic rings. The first-order chi connectivity index (χ1) is 21.3. The number of benzene rings is 2. The third-order valence-electron chi connectivity index (χ3n) is 7.18. The van der Waals surface area contributed by atoms with E-state index in [1.807, 2.05) is 36.5 Å². The van der Waals surface area contributed by atoms with Crippen molar-refractivity contribution >= 4 is 57.2 Å². The molecular formula is C30H23Cl2F4N5O4. The van der Waals surface area contributed by atoms with Crippen molar-refractivity contribution in [3.05, 3.63) is 110 Å².